The van der Waals surface area contributed by atoms with Crippen molar-refractivity contribution in [3.05, 3.63) is 18.2 Å². The smallest absolute Gasteiger partial charge is 0.194 e. The summed E-state index contributed by atoms with van der Waals surface area (Å²) in [6, 6.07) is 0.643. The van der Waals surface area contributed by atoms with Crippen LogP contribution in [0.1, 0.15) is 43.8 Å². The van der Waals surface area contributed by atoms with Crippen LogP contribution in [0.3, 0.4) is 0 Å². The van der Waals surface area contributed by atoms with Gasteiger partial charge in [0.1, 0.15) is 5.82 Å². The first kappa shape index (κ1) is 15.0. The summed E-state index contributed by atoms with van der Waals surface area (Å²) >= 11 is 0. The molecule has 3 heterocycles. The predicted octanol–water partition coefficient (Wildman–Crippen LogP) is 1.40. The van der Waals surface area contributed by atoms with Crippen LogP contribution in [0, 0.1) is 0 Å². The number of aromatic nitrogens is 2. The van der Waals surface area contributed by atoms with E-state index >= 15 is 0 Å². The van der Waals surface area contributed by atoms with E-state index in [2.05, 4.69) is 30.1 Å². The molecule has 2 N–H and O–H groups in total. The van der Waals surface area contributed by atoms with E-state index in [1.54, 1.807) is 0 Å². The van der Waals surface area contributed by atoms with Crippen molar-refractivity contribution >= 4 is 5.96 Å². The van der Waals surface area contributed by atoms with E-state index < -0.39 is 0 Å². The van der Waals surface area contributed by atoms with Crippen LogP contribution in [-0.4, -0.2) is 71.0 Å². The highest BCUT2D eigenvalue weighted by Crippen LogP contribution is 2.34. The maximum absolute atomic E-state index is 4.58. The Kier molecular flexibility index (Phi) is 4.50. The highest BCUT2D eigenvalue weighted by molar-refractivity contribution is 5.81. The third-order valence-corrected chi connectivity index (χ3v) is 5.59. The minimum Gasteiger partial charge on any atom is -0.354 e. The Morgan fingerprint density at radius 3 is 2.65 bits per heavy atom. The zero-order valence-electron chi connectivity index (χ0n) is 13.9. The predicted molar refractivity (Wildman–Crippen MR) is 91.7 cm³/mol. The number of nitrogens with zero attached hydrogens (tertiary/aromatic N) is 4. The van der Waals surface area contributed by atoms with Gasteiger partial charge in [-0.05, 0) is 12.8 Å². The summed E-state index contributed by atoms with van der Waals surface area (Å²) in [6.07, 6.45) is 10.5. The van der Waals surface area contributed by atoms with Gasteiger partial charge in [-0.1, -0.05) is 19.3 Å². The zero-order valence-corrected chi connectivity index (χ0v) is 13.9. The van der Waals surface area contributed by atoms with Crippen molar-refractivity contribution in [3.63, 3.8) is 0 Å². The van der Waals surface area contributed by atoms with Crippen LogP contribution in [0.2, 0.25) is 0 Å². The molecular formula is C17H28N6. The minimum atomic E-state index is 0.570. The fourth-order valence-electron chi connectivity index (χ4n) is 4.39. The number of aromatic amines is 1. The molecule has 0 spiro atoms. The molecule has 2 atom stereocenters. The van der Waals surface area contributed by atoms with E-state index in [1.165, 1.54) is 37.9 Å². The summed E-state index contributed by atoms with van der Waals surface area (Å²) in [4.78, 5) is 17.7. The number of rotatable bonds is 2. The van der Waals surface area contributed by atoms with Gasteiger partial charge in [0.15, 0.2) is 5.96 Å². The molecule has 0 aromatic carbocycles. The molecule has 1 aromatic rings. The lowest BCUT2D eigenvalue weighted by Crippen LogP contribution is -2.55. The van der Waals surface area contributed by atoms with Gasteiger partial charge >= 0.3 is 0 Å². The molecule has 3 aliphatic rings. The SMILES string of the molecule is c1c[nH]c(C2CCCCCC2N2CCN(C3=NCCN3)CC2)n1. The molecule has 1 saturated carbocycles. The number of H-pyrrole nitrogens is 1. The monoisotopic (exact) mass is 316 g/mol. The lowest BCUT2D eigenvalue weighted by molar-refractivity contribution is 0.107. The number of hydrogen-bond donors (Lipinski definition) is 2. The van der Waals surface area contributed by atoms with E-state index in [4.69, 9.17) is 0 Å². The molecule has 2 aliphatic heterocycles. The third-order valence-electron chi connectivity index (χ3n) is 5.59. The van der Waals surface area contributed by atoms with Crippen molar-refractivity contribution in [2.75, 3.05) is 39.3 Å². The lowest BCUT2D eigenvalue weighted by atomic mass is 9.92. The Hall–Kier alpha value is -1.56. The van der Waals surface area contributed by atoms with Gasteiger partial charge in [-0.15, -0.1) is 0 Å². The largest absolute Gasteiger partial charge is 0.354 e. The van der Waals surface area contributed by atoms with Crippen LogP contribution in [0.5, 0.6) is 0 Å². The molecule has 0 amide bonds. The Morgan fingerprint density at radius 2 is 1.91 bits per heavy atom. The van der Waals surface area contributed by atoms with E-state index in [1.807, 2.05) is 12.4 Å². The van der Waals surface area contributed by atoms with Gasteiger partial charge < -0.3 is 15.2 Å². The molecule has 1 aliphatic carbocycles. The van der Waals surface area contributed by atoms with Crippen LogP contribution < -0.4 is 5.32 Å². The molecule has 0 radical (unpaired) electrons. The van der Waals surface area contributed by atoms with Crippen molar-refractivity contribution in [1.29, 1.82) is 0 Å². The van der Waals surface area contributed by atoms with Gasteiger partial charge in [0.2, 0.25) is 0 Å². The summed E-state index contributed by atoms with van der Waals surface area (Å²) in [5.41, 5.74) is 0. The van der Waals surface area contributed by atoms with Crippen LogP contribution in [0.25, 0.3) is 0 Å². The molecule has 126 valence electrons. The standard InChI is InChI=1S/C17H28N6/c1-2-4-14(16-18-6-7-19-16)15(5-3-1)22-10-12-23(13-11-22)17-20-8-9-21-17/h6-7,14-15H,1-5,8-13H2,(H,18,19)(H,20,21). The summed E-state index contributed by atoms with van der Waals surface area (Å²) in [5, 5.41) is 3.40. The van der Waals surface area contributed by atoms with E-state index in [9.17, 15) is 0 Å². The summed E-state index contributed by atoms with van der Waals surface area (Å²) in [6.45, 7) is 6.39. The maximum atomic E-state index is 4.58. The van der Waals surface area contributed by atoms with Crippen molar-refractivity contribution < 1.29 is 0 Å². The molecule has 1 saturated heterocycles. The number of piperazine rings is 1. The van der Waals surface area contributed by atoms with Gasteiger partial charge in [-0.25, -0.2) is 4.98 Å². The van der Waals surface area contributed by atoms with Crippen LogP contribution in [0.4, 0.5) is 0 Å². The fraction of sp³-hybridized carbons (Fsp3) is 0.765. The maximum Gasteiger partial charge on any atom is 0.194 e. The fourth-order valence-corrected chi connectivity index (χ4v) is 4.39. The highest BCUT2D eigenvalue weighted by Gasteiger charge is 2.33. The molecule has 2 unspecified atom stereocenters. The Morgan fingerprint density at radius 1 is 1.04 bits per heavy atom. The average molecular weight is 316 g/mol. The van der Waals surface area contributed by atoms with E-state index in [0.29, 0.717) is 12.0 Å². The molecule has 0 bridgehead atoms. The van der Waals surface area contributed by atoms with Gasteiger partial charge in [0, 0.05) is 57.1 Å². The number of hydrogen-bond acceptors (Lipinski definition) is 5. The average Bonchev–Trinajstić information content (AvgIpc) is 3.26. The van der Waals surface area contributed by atoms with Crippen molar-refractivity contribution in [3.8, 4) is 0 Å². The number of nitrogens with one attached hydrogen (secondary N) is 2. The second kappa shape index (κ2) is 6.91. The Bertz CT molecular complexity index is 517. The number of imidazole rings is 1. The van der Waals surface area contributed by atoms with E-state index in [0.717, 1.165) is 45.2 Å². The quantitative estimate of drug-likeness (QED) is 0.810. The molecule has 2 fully saturated rings. The first-order valence-electron chi connectivity index (χ1n) is 9.18. The molecule has 4 rings (SSSR count). The summed E-state index contributed by atoms with van der Waals surface area (Å²) in [5.74, 6) is 2.88. The number of aliphatic imine (C=N–C) groups is 1. The van der Waals surface area contributed by atoms with Gasteiger partial charge in [-0.3, -0.25) is 9.89 Å². The van der Waals surface area contributed by atoms with E-state index in [-0.39, 0.29) is 0 Å². The van der Waals surface area contributed by atoms with Gasteiger partial charge in [0.05, 0.1) is 6.54 Å². The third kappa shape index (κ3) is 3.22. The van der Waals surface area contributed by atoms with Crippen LogP contribution in [0.15, 0.2) is 17.4 Å². The normalized spacial score (nSPS) is 29.9. The lowest BCUT2D eigenvalue weighted by Gasteiger charge is -2.42. The molecule has 6 heteroatoms. The van der Waals surface area contributed by atoms with Gasteiger partial charge in [-0.2, -0.15) is 0 Å². The van der Waals surface area contributed by atoms with Crippen molar-refractivity contribution in [1.82, 2.24) is 25.1 Å². The van der Waals surface area contributed by atoms with Crippen molar-refractivity contribution in [2.24, 2.45) is 4.99 Å². The molecular weight excluding hydrogens is 288 g/mol. The Labute approximate surface area is 138 Å². The topological polar surface area (TPSA) is 59.6 Å². The molecule has 23 heavy (non-hydrogen) atoms. The zero-order chi connectivity index (χ0) is 15.5. The van der Waals surface area contributed by atoms with Crippen LogP contribution >= 0.6 is 0 Å². The summed E-state index contributed by atoms with van der Waals surface area (Å²) in [7, 11) is 0. The first-order valence-corrected chi connectivity index (χ1v) is 9.18. The van der Waals surface area contributed by atoms with Crippen LogP contribution in [-0.2, 0) is 0 Å². The van der Waals surface area contributed by atoms with Crippen molar-refractivity contribution in [2.45, 2.75) is 44.1 Å². The molecule has 1 aromatic heterocycles. The Balaban J connectivity index is 1.43. The minimum absolute atomic E-state index is 0.570. The van der Waals surface area contributed by atoms with Gasteiger partial charge in [0.25, 0.3) is 0 Å². The number of guanidine groups is 1. The second-order valence-corrected chi connectivity index (χ2v) is 6.94. The molecule has 6 nitrogen and oxygen atoms in total. The second-order valence-electron chi connectivity index (χ2n) is 6.94. The summed E-state index contributed by atoms with van der Waals surface area (Å²) < 4.78 is 0. The highest BCUT2D eigenvalue weighted by atomic mass is 15.4. The first-order chi connectivity index (χ1) is 11.4.